The van der Waals surface area contributed by atoms with E-state index < -0.39 is 5.92 Å². The largest absolute Gasteiger partial charge is 0.325 e. The summed E-state index contributed by atoms with van der Waals surface area (Å²) in [6, 6.07) is 12.2. The molecule has 140 valence electrons. The average Bonchev–Trinajstić information content (AvgIpc) is 2.99. The van der Waals surface area contributed by atoms with Crippen LogP contribution in [0.4, 0.5) is 17.1 Å². The Kier molecular flexibility index (Phi) is 5.82. The molecule has 1 aliphatic heterocycles. The molecule has 0 radical (unpaired) electrons. The lowest BCUT2D eigenvalue weighted by Gasteiger charge is -2.17. The number of benzene rings is 2. The Labute approximate surface area is 170 Å². The third-order valence-electron chi connectivity index (χ3n) is 4.17. The number of rotatable bonds is 4. The molecular weight excluding hydrogens is 434 g/mol. The van der Waals surface area contributed by atoms with E-state index in [-0.39, 0.29) is 30.7 Å². The second-order valence-electron chi connectivity index (χ2n) is 6.25. The minimum atomic E-state index is -0.499. The van der Waals surface area contributed by atoms with Gasteiger partial charge in [0, 0.05) is 35.1 Å². The van der Waals surface area contributed by atoms with Crippen LogP contribution in [0.5, 0.6) is 0 Å². The third-order valence-corrected chi connectivity index (χ3v) is 4.89. The van der Waals surface area contributed by atoms with Gasteiger partial charge in [0.25, 0.3) is 0 Å². The lowest BCUT2D eigenvalue weighted by Crippen LogP contribution is -2.28. The van der Waals surface area contributed by atoms with Gasteiger partial charge in [-0.15, -0.1) is 0 Å². The summed E-state index contributed by atoms with van der Waals surface area (Å²) in [5, 5.41) is 5.86. The molecule has 2 aromatic rings. The number of hydrogen-bond donors (Lipinski definition) is 2. The summed E-state index contributed by atoms with van der Waals surface area (Å²) in [5.41, 5.74) is 1.59. The SMILES string of the molecule is CC(=O)Nc1ccc(Cl)cc1NC(=O)C1CC(=O)N(c2cccc(Br)c2)C1. The number of anilines is 3. The molecule has 2 N–H and O–H groups in total. The standard InChI is InChI=1S/C19H17BrClN3O3/c1-11(25)22-16-6-5-14(21)9-17(16)23-19(27)12-7-18(26)24(10-12)15-4-2-3-13(20)8-15/h2-6,8-9,12H,7,10H2,1H3,(H,22,25)(H,23,27). The van der Waals surface area contributed by atoms with Crippen LogP contribution in [0.15, 0.2) is 46.9 Å². The highest BCUT2D eigenvalue weighted by atomic mass is 79.9. The first-order valence-corrected chi connectivity index (χ1v) is 9.44. The van der Waals surface area contributed by atoms with Crippen molar-refractivity contribution in [1.82, 2.24) is 0 Å². The molecule has 0 saturated carbocycles. The van der Waals surface area contributed by atoms with Gasteiger partial charge in [0.15, 0.2) is 0 Å². The van der Waals surface area contributed by atoms with Crippen molar-refractivity contribution in [3.63, 3.8) is 0 Å². The smallest absolute Gasteiger partial charge is 0.229 e. The number of nitrogens with one attached hydrogen (secondary N) is 2. The van der Waals surface area contributed by atoms with Crippen molar-refractivity contribution in [2.45, 2.75) is 13.3 Å². The van der Waals surface area contributed by atoms with E-state index in [4.69, 9.17) is 11.6 Å². The van der Waals surface area contributed by atoms with Crippen LogP contribution in [0.25, 0.3) is 0 Å². The van der Waals surface area contributed by atoms with E-state index in [2.05, 4.69) is 26.6 Å². The molecule has 8 heteroatoms. The topological polar surface area (TPSA) is 78.5 Å². The predicted octanol–water partition coefficient (Wildman–Crippen LogP) is 4.05. The minimum absolute atomic E-state index is 0.110. The van der Waals surface area contributed by atoms with Gasteiger partial charge in [-0.2, -0.15) is 0 Å². The van der Waals surface area contributed by atoms with Crippen LogP contribution in [0.3, 0.4) is 0 Å². The Balaban J connectivity index is 1.75. The van der Waals surface area contributed by atoms with Gasteiger partial charge in [-0.25, -0.2) is 0 Å². The Morgan fingerprint density at radius 3 is 2.63 bits per heavy atom. The fraction of sp³-hybridized carbons (Fsp3) is 0.211. The number of carbonyl (C=O) groups excluding carboxylic acids is 3. The summed E-state index contributed by atoms with van der Waals surface area (Å²) < 4.78 is 0.861. The van der Waals surface area contributed by atoms with Gasteiger partial charge in [0.05, 0.1) is 17.3 Å². The molecule has 27 heavy (non-hydrogen) atoms. The summed E-state index contributed by atoms with van der Waals surface area (Å²) >= 11 is 9.39. The number of nitrogens with zero attached hydrogens (tertiary/aromatic N) is 1. The average molecular weight is 451 g/mol. The molecule has 0 aromatic heterocycles. The Morgan fingerprint density at radius 1 is 1.15 bits per heavy atom. The van der Waals surface area contributed by atoms with Gasteiger partial charge < -0.3 is 15.5 Å². The molecule has 1 saturated heterocycles. The van der Waals surface area contributed by atoms with Crippen LogP contribution in [0, 0.1) is 5.92 Å². The van der Waals surface area contributed by atoms with Crippen molar-refractivity contribution in [2.75, 3.05) is 22.1 Å². The molecule has 1 unspecified atom stereocenters. The first-order valence-electron chi connectivity index (χ1n) is 8.27. The first kappa shape index (κ1) is 19.4. The van der Waals surface area contributed by atoms with Gasteiger partial charge >= 0.3 is 0 Å². The predicted molar refractivity (Wildman–Crippen MR) is 109 cm³/mol. The number of halogens is 2. The quantitative estimate of drug-likeness (QED) is 0.737. The Bertz CT molecular complexity index is 919. The molecule has 1 fully saturated rings. The van der Waals surface area contributed by atoms with Crippen molar-refractivity contribution in [2.24, 2.45) is 5.92 Å². The number of hydrogen-bond acceptors (Lipinski definition) is 3. The summed E-state index contributed by atoms with van der Waals surface area (Å²) in [6.45, 7) is 1.67. The lowest BCUT2D eigenvalue weighted by atomic mass is 10.1. The number of carbonyl (C=O) groups is 3. The molecule has 0 aliphatic carbocycles. The van der Waals surface area contributed by atoms with Crippen LogP contribution < -0.4 is 15.5 Å². The zero-order valence-corrected chi connectivity index (χ0v) is 16.8. The van der Waals surface area contributed by atoms with Gasteiger partial charge in [0.2, 0.25) is 17.7 Å². The second kappa shape index (κ2) is 8.10. The van der Waals surface area contributed by atoms with Crippen LogP contribution in [0.1, 0.15) is 13.3 Å². The van der Waals surface area contributed by atoms with Crippen LogP contribution in [-0.2, 0) is 14.4 Å². The van der Waals surface area contributed by atoms with Gasteiger partial charge in [-0.3, -0.25) is 14.4 Å². The second-order valence-corrected chi connectivity index (χ2v) is 7.60. The summed E-state index contributed by atoms with van der Waals surface area (Å²) in [4.78, 5) is 38.0. The van der Waals surface area contributed by atoms with Crippen LogP contribution in [-0.4, -0.2) is 24.3 Å². The molecule has 3 rings (SSSR count). The van der Waals surface area contributed by atoms with Crippen LogP contribution >= 0.6 is 27.5 Å². The van der Waals surface area contributed by atoms with Gasteiger partial charge in [0.1, 0.15) is 0 Å². The molecule has 6 nitrogen and oxygen atoms in total. The van der Waals surface area contributed by atoms with E-state index in [0.717, 1.165) is 10.2 Å². The molecule has 1 heterocycles. The molecule has 3 amide bonds. The van der Waals surface area contributed by atoms with Crippen molar-refractivity contribution < 1.29 is 14.4 Å². The van der Waals surface area contributed by atoms with E-state index in [1.165, 1.54) is 6.92 Å². The van der Waals surface area contributed by atoms with Crippen molar-refractivity contribution in [1.29, 1.82) is 0 Å². The highest BCUT2D eigenvalue weighted by Crippen LogP contribution is 2.30. The highest BCUT2D eigenvalue weighted by Gasteiger charge is 2.35. The molecule has 2 aromatic carbocycles. The van der Waals surface area contributed by atoms with Gasteiger partial charge in [-0.05, 0) is 36.4 Å². The molecule has 1 atom stereocenters. The molecular formula is C19H17BrClN3O3. The fourth-order valence-electron chi connectivity index (χ4n) is 2.93. The summed E-state index contributed by atoms with van der Waals surface area (Å²) in [7, 11) is 0. The maximum absolute atomic E-state index is 12.7. The van der Waals surface area contributed by atoms with E-state index in [0.29, 0.717) is 16.4 Å². The van der Waals surface area contributed by atoms with Crippen molar-refractivity contribution >= 4 is 62.3 Å². The minimum Gasteiger partial charge on any atom is -0.325 e. The number of amides is 3. The normalized spacial score (nSPS) is 16.3. The van der Waals surface area contributed by atoms with E-state index >= 15 is 0 Å². The summed E-state index contributed by atoms with van der Waals surface area (Å²) in [6.07, 6.45) is 0.119. The molecule has 0 bridgehead atoms. The zero-order chi connectivity index (χ0) is 19.6. The third kappa shape index (κ3) is 4.67. The van der Waals surface area contributed by atoms with Crippen molar-refractivity contribution in [3.8, 4) is 0 Å². The molecule has 0 spiro atoms. The maximum atomic E-state index is 12.7. The molecule has 1 aliphatic rings. The summed E-state index contributed by atoms with van der Waals surface area (Å²) in [5.74, 6) is -1.17. The van der Waals surface area contributed by atoms with E-state index in [1.807, 2.05) is 24.3 Å². The fourth-order valence-corrected chi connectivity index (χ4v) is 3.49. The highest BCUT2D eigenvalue weighted by molar-refractivity contribution is 9.10. The van der Waals surface area contributed by atoms with E-state index in [1.54, 1.807) is 23.1 Å². The van der Waals surface area contributed by atoms with Gasteiger partial charge in [-0.1, -0.05) is 33.6 Å². The monoisotopic (exact) mass is 449 g/mol. The Morgan fingerprint density at radius 2 is 1.93 bits per heavy atom. The Hall–Kier alpha value is -2.38. The van der Waals surface area contributed by atoms with E-state index in [9.17, 15) is 14.4 Å². The lowest BCUT2D eigenvalue weighted by molar-refractivity contribution is -0.122. The zero-order valence-electron chi connectivity index (χ0n) is 14.5. The van der Waals surface area contributed by atoms with Crippen molar-refractivity contribution in [3.05, 3.63) is 52.0 Å². The van der Waals surface area contributed by atoms with Crippen LogP contribution in [0.2, 0.25) is 5.02 Å². The first-order chi connectivity index (χ1) is 12.8. The maximum Gasteiger partial charge on any atom is 0.229 e.